The number of furan rings is 1. The van der Waals surface area contributed by atoms with Gasteiger partial charge in [-0.15, -0.1) is 0 Å². The number of aromatic nitrogens is 3. The number of piperidine rings is 1. The van der Waals surface area contributed by atoms with Gasteiger partial charge in [-0.3, -0.25) is 9.36 Å². The van der Waals surface area contributed by atoms with Gasteiger partial charge in [-0.1, -0.05) is 0 Å². The summed E-state index contributed by atoms with van der Waals surface area (Å²) in [6, 6.07) is 3.34. The molecule has 0 saturated carbocycles. The van der Waals surface area contributed by atoms with E-state index in [-0.39, 0.29) is 11.6 Å². The number of rotatable bonds is 6. The van der Waals surface area contributed by atoms with Crippen LogP contribution in [0.2, 0.25) is 0 Å². The minimum absolute atomic E-state index is 0.0713. The summed E-state index contributed by atoms with van der Waals surface area (Å²) in [4.78, 5) is 26.4. The van der Waals surface area contributed by atoms with Crippen molar-refractivity contribution in [2.45, 2.75) is 39.7 Å². The first-order valence-corrected chi connectivity index (χ1v) is 9.18. The number of likely N-dealkylation sites (tertiary alicyclic amines) is 1. The molecule has 0 unspecified atom stereocenters. The standard InChI is InChI=1S/C18H26N4O4/c1-4-22-15(19-20(3)18(22)24)12-13-8-10-21(11-9-13)17(23)14-6-7-16(26-14)25-5-2/h6-7,13H,4-5,8-12H2,1-3H3. The molecule has 2 aromatic heterocycles. The lowest BCUT2D eigenvalue weighted by molar-refractivity contribution is 0.0649. The summed E-state index contributed by atoms with van der Waals surface area (Å²) in [5.41, 5.74) is -0.0713. The predicted octanol–water partition coefficient (Wildman–Crippen LogP) is 1.69. The minimum atomic E-state index is -0.0993. The highest BCUT2D eigenvalue weighted by atomic mass is 16.6. The van der Waals surface area contributed by atoms with Crippen molar-refractivity contribution >= 4 is 5.91 Å². The van der Waals surface area contributed by atoms with E-state index >= 15 is 0 Å². The molecule has 0 radical (unpaired) electrons. The Bertz CT molecular complexity index is 812. The third-order valence-corrected chi connectivity index (χ3v) is 4.85. The normalized spacial score (nSPS) is 15.4. The van der Waals surface area contributed by atoms with Crippen LogP contribution in [0.3, 0.4) is 0 Å². The maximum atomic E-state index is 12.5. The second-order valence-corrected chi connectivity index (χ2v) is 6.56. The van der Waals surface area contributed by atoms with Crippen molar-refractivity contribution in [2.24, 2.45) is 13.0 Å². The zero-order valence-electron chi connectivity index (χ0n) is 15.6. The topological polar surface area (TPSA) is 82.5 Å². The summed E-state index contributed by atoms with van der Waals surface area (Å²) in [5, 5.41) is 4.35. The van der Waals surface area contributed by atoms with Crippen molar-refractivity contribution in [3.63, 3.8) is 0 Å². The Morgan fingerprint density at radius 3 is 2.69 bits per heavy atom. The molecule has 0 bridgehead atoms. The maximum absolute atomic E-state index is 12.5. The van der Waals surface area contributed by atoms with Crippen molar-refractivity contribution in [3.8, 4) is 5.95 Å². The fraction of sp³-hybridized carbons (Fsp3) is 0.611. The van der Waals surface area contributed by atoms with E-state index in [9.17, 15) is 9.59 Å². The number of hydrogen-bond acceptors (Lipinski definition) is 5. The molecule has 0 atom stereocenters. The largest absolute Gasteiger partial charge is 0.465 e. The molecule has 2 aromatic rings. The molecule has 0 N–H and O–H groups in total. The van der Waals surface area contributed by atoms with Crippen LogP contribution >= 0.6 is 0 Å². The highest BCUT2D eigenvalue weighted by molar-refractivity contribution is 5.91. The van der Waals surface area contributed by atoms with E-state index in [1.807, 2.05) is 18.7 Å². The van der Waals surface area contributed by atoms with Crippen LogP contribution in [-0.2, 0) is 20.0 Å². The number of nitrogens with zero attached hydrogens (tertiary/aromatic N) is 4. The molecular weight excluding hydrogens is 336 g/mol. The molecule has 1 aliphatic rings. The lowest BCUT2D eigenvalue weighted by Crippen LogP contribution is -2.39. The van der Waals surface area contributed by atoms with Gasteiger partial charge in [-0.05, 0) is 38.7 Å². The summed E-state index contributed by atoms with van der Waals surface area (Å²) in [7, 11) is 1.68. The number of ether oxygens (including phenoxy) is 1. The number of hydrogen-bond donors (Lipinski definition) is 0. The van der Waals surface area contributed by atoms with Gasteiger partial charge in [-0.25, -0.2) is 9.48 Å². The van der Waals surface area contributed by atoms with Gasteiger partial charge in [-0.2, -0.15) is 5.10 Å². The summed E-state index contributed by atoms with van der Waals surface area (Å²) in [6.07, 6.45) is 2.54. The molecule has 1 saturated heterocycles. The van der Waals surface area contributed by atoms with E-state index in [0.717, 1.165) is 25.1 Å². The Morgan fingerprint density at radius 2 is 2.04 bits per heavy atom. The molecule has 8 heteroatoms. The minimum Gasteiger partial charge on any atom is -0.465 e. The van der Waals surface area contributed by atoms with E-state index in [1.54, 1.807) is 23.7 Å². The third kappa shape index (κ3) is 3.68. The van der Waals surface area contributed by atoms with Crippen molar-refractivity contribution in [1.82, 2.24) is 19.2 Å². The average Bonchev–Trinajstić information content (AvgIpc) is 3.20. The molecule has 3 heterocycles. The van der Waals surface area contributed by atoms with Crippen LogP contribution in [0.15, 0.2) is 21.3 Å². The van der Waals surface area contributed by atoms with E-state index in [2.05, 4.69) is 5.10 Å². The van der Waals surface area contributed by atoms with E-state index in [1.165, 1.54) is 4.68 Å². The monoisotopic (exact) mass is 362 g/mol. The fourth-order valence-corrected chi connectivity index (χ4v) is 3.43. The third-order valence-electron chi connectivity index (χ3n) is 4.85. The Balaban J connectivity index is 1.58. The fourth-order valence-electron chi connectivity index (χ4n) is 3.43. The van der Waals surface area contributed by atoms with Crippen molar-refractivity contribution in [3.05, 3.63) is 34.2 Å². The molecule has 1 aliphatic heterocycles. The molecule has 0 aliphatic carbocycles. The molecule has 1 fully saturated rings. The van der Waals surface area contributed by atoms with Crippen LogP contribution in [0.5, 0.6) is 5.95 Å². The lowest BCUT2D eigenvalue weighted by Gasteiger charge is -2.31. The smallest absolute Gasteiger partial charge is 0.345 e. The molecular formula is C18H26N4O4. The Hall–Kier alpha value is -2.51. The van der Waals surface area contributed by atoms with Gasteiger partial charge in [0.15, 0.2) is 5.76 Å². The summed E-state index contributed by atoms with van der Waals surface area (Å²) in [5.74, 6) is 1.84. The number of aryl methyl sites for hydroxylation is 1. The lowest BCUT2D eigenvalue weighted by atomic mass is 9.93. The van der Waals surface area contributed by atoms with Gasteiger partial charge < -0.3 is 14.1 Å². The second kappa shape index (κ2) is 7.80. The van der Waals surface area contributed by atoms with E-state index in [4.69, 9.17) is 9.15 Å². The maximum Gasteiger partial charge on any atom is 0.345 e. The molecule has 0 spiro atoms. The summed E-state index contributed by atoms with van der Waals surface area (Å²) >= 11 is 0. The summed E-state index contributed by atoms with van der Waals surface area (Å²) < 4.78 is 13.8. The first-order valence-electron chi connectivity index (χ1n) is 9.18. The Morgan fingerprint density at radius 1 is 1.31 bits per heavy atom. The molecule has 0 aromatic carbocycles. The zero-order valence-corrected chi connectivity index (χ0v) is 15.6. The van der Waals surface area contributed by atoms with Gasteiger partial charge in [0.05, 0.1) is 6.61 Å². The van der Waals surface area contributed by atoms with Crippen LogP contribution < -0.4 is 10.4 Å². The second-order valence-electron chi connectivity index (χ2n) is 6.56. The van der Waals surface area contributed by atoms with Crippen LogP contribution in [-0.4, -0.2) is 44.9 Å². The number of carbonyl (C=O) groups is 1. The quantitative estimate of drug-likeness (QED) is 0.781. The van der Waals surface area contributed by atoms with E-state index < -0.39 is 0 Å². The highest BCUT2D eigenvalue weighted by Gasteiger charge is 2.27. The van der Waals surface area contributed by atoms with Crippen LogP contribution in [0.1, 0.15) is 43.1 Å². The highest BCUT2D eigenvalue weighted by Crippen LogP contribution is 2.24. The molecule has 3 rings (SSSR count). The summed E-state index contributed by atoms with van der Waals surface area (Å²) in [6.45, 7) is 6.31. The van der Waals surface area contributed by atoms with Gasteiger partial charge in [0.2, 0.25) is 0 Å². The van der Waals surface area contributed by atoms with Crippen molar-refractivity contribution < 1.29 is 13.9 Å². The van der Waals surface area contributed by atoms with Gasteiger partial charge >= 0.3 is 5.69 Å². The van der Waals surface area contributed by atoms with Crippen molar-refractivity contribution in [2.75, 3.05) is 19.7 Å². The molecule has 26 heavy (non-hydrogen) atoms. The van der Waals surface area contributed by atoms with Crippen LogP contribution in [0.4, 0.5) is 0 Å². The van der Waals surface area contributed by atoms with E-state index in [0.29, 0.717) is 43.9 Å². The zero-order chi connectivity index (χ0) is 18.7. The number of amides is 1. The molecule has 142 valence electrons. The van der Waals surface area contributed by atoms with Crippen molar-refractivity contribution in [1.29, 1.82) is 0 Å². The molecule has 8 nitrogen and oxygen atoms in total. The van der Waals surface area contributed by atoms with Crippen LogP contribution in [0.25, 0.3) is 0 Å². The Labute approximate surface area is 152 Å². The Kier molecular flexibility index (Phi) is 5.49. The number of carbonyl (C=O) groups excluding carboxylic acids is 1. The van der Waals surface area contributed by atoms with Gasteiger partial charge in [0, 0.05) is 39.2 Å². The van der Waals surface area contributed by atoms with Gasteiger partial charge in [0.1, 0.15) is 5.82 Å². The first kappa shape index (κ1) is 18.3. The SMILES string of the molecule is CCOc1ccc(C(=O)N2CCC(Cc3nn(C)c(=O)n3CC)CC2)o1. The van der Waals surface area contributed by atoms with Gasteiger partial charge in [0.25, 0.3) is 11.9 Å². The molecule has 1 amide bonds. The van der Waals surface area contributed by atoms with Crippen LogP contribution in [0, 0.1) is 5.92 Å². The first-order chi connectivity index (χ1) is 12.5. The predicted molar refractivity (Wildman–Crippen MR) is 95.4 cm³/mol. The average molecular weight is 362 g/mol.